The van der Waals surface area contributed by atoms with E-state index in [1.807, 2.05) is 0 Å². The van der Waals surface area contributed by atoms with E-state index in [0.717, 1.165) is 5.56 Å². The second-order valence-electron chi connectivity index (χ2n) is 6.38. The predicted molar refractivity (Wildman–Crippen MR) is 81.2 cm³/mol. The van der Waals surface area contributed by atoms with E-state index in [2.05, 4.69) is 11.8 Å². The minimum atomic E-state index is -1.62. The van der Waals surface area contributed by atoms with E-state index in [1.54, 1.807) is 45.0 Å². The third-order valence-corrected chi connectivity index (χ3v) is 3.30. The standard InChI is InChI=1S/C18H18O4/c1-12(19)9-10-18(16(21)22-17(2,3)4)11-13-7-5-6-8-14(13)15(18)20/h5-8H,11H2,1-4H3/t18-/m1/s1. The largest absolute Gasteiger partial charge is 0.458 e. The van der Waals surface area contributed by atoms with E-state index in [4.69, 9.17) is 4.74 Å². The molecule has 0 aliphatic heterocycles. The predicted octanol–water partition coefficient (Wildman–Crippen LogP) is 2.35. The summed E-state index contributed by atoms with van der Waals surface area (Å²) < 4.78 is 5.39. The van der Waals surface area contributed by atoms with Crippen molar-refractivity contribution in [2.75, 3.05) is 0 Å². The van der Waals surface area contributed by atoms with Crippen LogP contribution in [-0.2, 0) is 20.7 Å². The van der Waals surface area contributed by atoms with E-state index >= 15 is 0 Å². The Hall–Kier alpha value is -2.41. The molecule has 1 aromatic rings. The Morgan fingerprint density at radius 2 is 1.86 bits per heavy atom. The van der Waals surface area contributed by atoms with Crippen molar-refractivity contribution >= 4 is 17.5 Å². The normalized spacial score (nSPS) is 19.9. The van der Waals surface area contributed by atoms with Crippen LogP contribution in [0.3, 0.4) is 0 Å². The van der Waals surface area contributed by atoms with E-state index in [9.17, 15) is 14.4 Å². The highest BCUT2D eigenvalue weighted by atomic mass is 16.6. The van der Waals surface area contributed by atoms with Gasteiger partial charge in [-0.3, -0.25) is 9.59 Å². The zero-order valence-electron chi connectivity index (χ0n) is 13.1. The number of esters is 1. The molecule has 2 rings (SSSR count). The van der Waals surface area contributed by atoms with Crippen LogP contribution in [0.4, 0.5) is 0 Å². The molecule has 0 bridgehead atoms. The van der Waals surface area contributed by atoms with E-state index in [-0.39, 0.29) is 6.42 Å². The van der Waals surface area contributed by atoms with Gasteiger partial charge in [-0.25, -0.2) is 4.79 Å². The molecule has 4 heteroatoms. The van der Waals surface area contributed by atoms with Gasteiger partial charge in [-0.05, 0) is 32.3 Å². The van der Waals surface area contributed by atoms with Crippen molar-refractivity contribution in [3.05, 3.63) is 35.4 Å². The smallest absolute Gasteiger partial charge is 0.333 e. The average Bonchev–Trinajstić information content (AvgIpc) is 2.69. The van der Waals surface area contributed by atoms with Crippen molar-refractivity contribution in [3.63, 3.8) is 0 Å². The maximum Gasteiger partial charge on any atom is 0.333 e. The number of Topliss-reactive ketones (excluding diaryl/α,β-unsaturated/α-hetero) is 2. The lowest BCUT2D eigenvalue weighted by atomic mass is 9.84. The van der Waals surface area contributed by atoms with Crippen molar-refractivity contribution in [1.82, 2.24) is 0 Å². The molecule has 22 heavy (non-hydrogen) atoms. The maximum atomic E-state index is 12.7. The van der Waals surface area contributed by atoms with Gasteiger partial charge in [0, 0.05) is 18.9 Å². The van der Waals surface area contributed by atoms with Gasteiger partial charge >= 0.3 is 5.97 Å². The van der Waals surface area contributed by atoms with Crippen LogP contribution < -0.4 is 0 Å². The number of rotatable bonds is 1. The molecule has 0 spiro atoms. The molecule has 1 atom stereocenters. The Kier molecular flexibility index (Phi) is 3.93. The Morgan fingerprint density at radius 3 is 2.41 bits per heavy atom. The quantitative estimate of drug-likeness (QED) is 0.345. The van der Waals surface area contributed by atoms with Crippen LogP contribution in [0.25, 0.3) is 0 Å². The van der Waals surface area contributed by atoms with Crippen molar-refractivity contribution in [2.24, 2.45) is 5.41 Å². The molecular formula is C18H18O4. The SMILES string of the molecule is CC(=O)C#C[C@@]1(C(=O)OC(C)(C)C)Cc2ccccc2C1=O. The fraction of sp³-hybridized carbons (Fsp3) is 0.389. The number of hydrogen-bond donors (Lipinski definition) is 0. The fourth-order valence-electron chi connectivity index (χ4n) is 2.37. The number of benzene rings is 1. The lowest BCUT2D eigenvalue weighted by Crippen LogP contribution is -2.41. The van der Waals surface area contributed by atoms with Gasteiger partial charge < -0.3 is 4.74 Å². The lowest BCUT2D eigenvalue weighted by molar-refractivity contribution is -0.161. The number of fused-ring (bicyclic) bond motifs is 1. The number of hydrogen-bond acceptors (Lipinski definition) is 4. The topological polar surface area (TPSA) is 60.4 Å². The van der Waals surface area contributed by atoms with Crippen LogP contribution in [0.1, 0.15) is 43.6 Å². The average molecular weight is 298 g/mol. The lowest BCUT2D eigenvalue weighted by Gasteiger charge is -2.26. The molecule has 114 valence electrons. The zero-order valence-corrected chi connectivity index (χ0v) is 13.1. The highest BCUT2D eigenvalue weighted by Crippen LogP contribution is 2.38. The Balaban J connectivity index is 2.52. The summed E-state index contributed by atoms with van der Waals surface area (Å²) in [5.74, 6) is 3.45. The van der Waals surface area contributed by atoms with Gasteiger partial charge in [0.1, 0.15) is 5.60 Å². The highest BCUT2D eigenvalue weighted by Gasteiger charge is 2.52. The molecule has 1 aliphatic carbocycles. The second kappa shape index (κ2) is 5.42. The molecule has 0 radical (unpaired) electrons. The Labute approximate surface area is 129 Å². The van der Waals surface area contributed by atoms with Gasteiger partial charge in [0.05, 0.1) is 0 Å². The minimum absolute atomic E-state index is 0.136. The third-order valence-electron chi connectivity index (χ3n) is 3.30. The van der Waals surface area contributed by atoms with Crippen LogP contribution in [0.2, 0.25) is 0 Å². The van der Waals surface area contributed by atoms with Gasteiger partial charge in [-0.15, -0.1) is 0 Å². The maximum absolute atomic E-state index is 12.7. The Bertz CT molecular complexity index is 713. The van der Waals surface area contributed by atoms with E-state index in [1.165, 1.54) is 6.92 Å². The molecule has 0 saturated heterocycles. The first-order valence-electron chi connectivity index (χ1n) is 7.06. The monoisotopic (exact) mass is 298 g/mol. The van der Waals surface area contributed by atoms with Crippen molar-refractivity contribution in [1.29, 1.82) is 0 Å². The van der Waals surface area contributed by atoms with Crippen LogP contribution in [0.15, 0.2) is 24.3 Å². The van der Waals surface area contributed by atoms with Gasteiger partial charge in [-0.2, -0.15) is 0 Å². The van der Waals surface area contributed by atoms with Crippen LogP contribution >= 0.6 is 0 Å². The van der Waals surface area contributed by atoms with Crippen molar-refractivity contribution < 1.29 is 19.1 Å². The van der Waals surface area contributed by atoms with Gasteiger partial charge in [0.15, 0.2) is 11.2 Å². The minimum Gasteiger partial charge on any atom is -0.458 e. The highest BCUT2D eigenvalue weighted by molar-refractivity contribution is 6.19. The van der Waals surface area contributed by atoms with Crippen LogP contribution in [-0.4, -0.2) is 23.1 Å². The summed E-state index contributed by atoms with van der Waals surface area (Å²) in [7, 11) is 0. The van der Waals surface area contributed by atoms with Gasteiger partial charge in [0.25, 0.3) is 0 Å². The molecule has 0 unspecified atom stereocenters. The molecule has 0 amide bonds. The summed E-state index contributed by atoms with van der Waals surface area (Å²) in [5, 5.41) is 0. The summed E-state index contributed by atoms with van der Waals surface area (Å²) in [6.45, 7) is 6.47. The zero-order chi connectivity index (χ0) is 16.5. The van der Waals surface area contributed by atoms with Crippen LogP contribution in [0.5, 0.6) is 0 Å². The molecule has 0 heterocycles. The first kappa shape index (κ1) is 16.0. The third kappa shape index (κ3) is 2.94. The van der Waals surface area contributed by atoms with Gasteiger partial charge in [-0.1, -0.05) is 30.2 Å². The molecule has 4 nitrogen and oxygen atoms in total. The summed E-state index contributed by atoms with van der Waals surface area (Å²) in [6, 6.07) is 6.99. The van der Waals surface area contributed by atoms with E-state index < -0.39 is 28.6 Å². The first-order chi connectivity index (χ1) is 10.2. The molecule has 0 N–H and O–H groups in total. The number of ketones is 2. The van der Waals surface area contributed by atoms with Crippen molar-refractivity contribution in [2.45, 2.75) is 39.7 Å². The molecule has 0 saturated carbocycles. The number of carbonyl (C=O) groups is 3. The number of ether oxygens (including phenoxy) is 1. The molecule has 0 aromatic heterocycles. The second-order valence-corrected chi connectivity index (χ2v) is 6.38. The molecule has 1 aliphatic rings. The molecule has 1 aromatic carbocycles. The van der Waals surface area contributed by atoms with Crippen LogP contribution in [0, 0.1) is 17.3 Å². The summed E-state index contributed by atoms with van der Waals surface area (Å²) in [5.41, 5.74) is -1.15. The number of carbonyl (C=O) groups excluding carboxylic acids is 3. The summed E-state index contributed by atoms with van der Waals surface area (Å²) in [6.07, 6.45) is 0.136. The fourth-order valence-corrected chi connectivity index (χ4v) is 2.37. The Morgan fingerprint density at radius 1 is 1.23 bits per heavy atom. The first-order valence-corrected chi connectivity index (χ1v) is 7.06. The summed E-state index contributed by atoms with van der Waals surface area (Å²) >= 11 is 0. The molecule has 0 fully saturated rings. The van der Waals surface area contributed by atoms with Gasteiger partial charge in [0.2, 0.25) is 5.78 Å². The molecular weight excluding hydrogens is 280 g/mol. The summed E-state index contributed by atoms with van der Waals surface area (Å²) in [4.78, 5) is 36.6. The van der Waals surface area contributed by atoms with Crippen molar-refractivity contribution in [3.8, 4) is 11.8 Å². The van der Waals surface area contributed by atoms with E-state index in [0.29, 0.717) is 5.56 Å².